The number of rotatable bonds is 11. The van der Waals surface area contributed by atoms with Crippen LogP contribution in [0.15, 0.2) is 71.1 Å². The Balaban J connectivity index is 1.76. The first-order valence-corrected chi connectivity index (χ1v) is 12.5. The highest BCUT2D eigenvalue weighted by Crippen LogP contribution is 2.23. The summed E-state index contributed by atoms with van der Waals surface area (Å²) in [6, 6.07) is 23.2. The minimum Gasteiger partial charge on any atom is -0.455 e. The van der Waals surface area contributed by atoms with Crippen molar-refractivity contribution < 1.29 is 9.21 Å². The molecule has 0 aliphatic rings. The number of amides is 1. The molecule has 1 aromatic heterocycles. The molecular formula is C30H40N2O2. The van der Waals surface area contributed by atoms with Gasteiger partial charge in [0.05, 0.1) is 6.54 Å². The SMILES string of the molecule is CCCN(CCC)C(=O)c1ccc(CN(Cc2ccccc2)Cc2ccc(C(C)(C)C)cc2)o1. The third kappa shape index (κ3) is 7.33. The van der Waals surface area contributed by atoms with Gasteiger partial charge in [0.15, 0.2) is 5.76 Å². The average molecular weight is 461 g/mol. The van der Waals surface area contributed by atoms with Gasteiger partial charge in [-0.15, -0.1) is 0 Å². The van der Waals surface area contributed by atoms with Gasteiger partial charge >= 0.3 is 0 Å². The number of carbonyl (C=O) groups excluding carboxylic acids is 1. The van der Waals surface area contributed by atoms with E-state index in [0.717, 1.165) is 44.8 Å². The first-order valence-electron chi connectivity index (χ1n) is 12.5. The summed E-state index contributed by atoms with van der Waals surface area (Å²) in [4.78, 5) is 17.2. The largest absolute Gasteiger partial charge is 0.455 e. The van der Waals surface area contributed by atoms with Crippen LogP contribution in [0.1, 0.15) is 80.5 Å². The molecule has 0 N–H and O–H groups in total. The Morgan fingerprint density at radius 3 is 1.91 bits per heavy atom. The first kappa shape index (κ1) is 25.8. The summed E-state index contributed by atoms with van der Waals surface area (Å²) < 4.78 is 6.06. The van der Waals surface area contributed by atoms with Crippen LogP contribution in [0.5, 0.6) is 0 Å². The number of nitrogens with zero attached hydrogens (tertiary/aromatic N) is 2. The lowest BCUT2D eigenvalue weighted by Crippen LogP contribution is -2.32. The van der Waals surface area contributed by atoms with Gasteiger partial charge in [-0.3, -0.25) is 9.69 Å². The quantitative estimate of drug-likeness (QED) is 0.308. The molecule has 3 aromatic rings. The summed E-state index contributed by atoms with van der Waals surface area (Å²) in [5, 5.41) is 0. The lowest BCUT2D eigenvalue weighted by molar-refractivity contribution is 0.0719. The van der Waals surface area contributed by atoms with Crippen LogP contribution in [0.25, 0.3) is 0 Å². The number of carbonyl (C=O) groups is 1. The zero-order chi connectivity index (χ0) is 24.6. The lowest BCUT2D eigenvalue weighted by atomic mass is 9.87. The predicted molar refractivity (Wildman–Crippen MR) is 140 cm³/mol. The van der Waals surface area contributed by atoms with Crippen LogP contribution >= 0.6 is 0 Å². The van der Waals surface area contributed by atoms with E-state index in [-0.39, 0.29) is 11.3 Å². The number of hydrogen-bond donors (Lipinski definition) is 0. The van der Waals surface area contributed by atoms with Gasteiger partial charge in [-0.1, -0.05) is 89.2 Å². The molecule has 0 aliphatic carbocycles. The van der Waals surface area contributed by atoms with Crippen molar-refractivity contribution in [1.29, 1.82) is 0 Å². The van der Waals surface area contributed by atoms with Crippen molar-refractivity contribution in [2.24, 2.45) is 0 Å². The van der Waals surface area contributed by atoms with Crippen LogP contribution in [0.3, 0.4) is 0 Å². The summed E-state index contributed by atoms with van der Waals surface area (Å²) in [7, 11) is 0. The fourth-order valence-corrected chi connectivity index (χ4v) is 4.19. The van der Waals surface area contributed by atoms with Crippen molar-refractivity contribution in [2.45, 2.75) is 72.5 Å². The van der Waals surface area contributed by atoms with Crippen molar-refractivity contribution in [3.63, 3.8) is 0 Å². The molecule has 0 fully saturated rings. The van der Waals surface area contributed by atoms with Gasteiger partial charge in [-0.2, -0.15) is 0 Å². The Morgan fingerprint density at radius 1 is 0.765 bits per heavy atom. The Kier molecular flexibility index (Phi) is 9.12. The monoisotopic (exact) mass is 460 g/mol. The summed E-state index contributed by atoms with van der Waals surface area (Å²) in [6.07, 6.45) is 1.89. The van der Waals surface area contributed by atoms with E-state index in [9.17, 15) is 4.79 Å². The highest BCUT2D eigenvalue weighted by atomic mass is 16.4. The molecule has 3 rings (SSSR count). The Bertz CT molecular complexity index is 1010. The predicted octanol–water partition coefficient (Wildman–Crippen LogP) is 7.04. The van der Waals surface area contributed by atoms with Crippen molar-refractivity contribution in [2.75, 3.05) is 13.1 Å². The van der Waals surface area contributed by atoms with Crippen LogP contribution in [-0.2, 0) is 25.0 Å². The number of benzene rings is 2. The third-order valence-corrected chi connectivity index (χ3v) is 6.00. The van der Waals surface area contributed by atoms with Gasteiger partial charge < -0.3 is 9.32 Å². The van der Waals surface area contributed by atoms with Gasteiger partial charge in [0.25, 0.3) is 5.91 Å². The molecule has 0 radical (unpaired) electrons. The van der Waals surface area contributed by atoms with Crippen LogP contribution in [0.4, 0.5) is 0 Å². The molecule has 0 atom stereocenters. The van der Waals surface area contributed by atoms with Crippen LogP contribution in [0, 0.1) is 0 Å². The zero-order valence-corrected chi connectivity index (χ0v) is 21.5. The summed E-state index contributed by atoms with van der Waals surface area (Å²) in [5.41, 5.74) is 4.00. The minimum absolute atomic E-state index is 0.0117. The maximum atomic E-state index is 12.9. The third-order valence-electron chi connectivity index (χ3n) is 6.00. The van der Waals surface area contributed by atoms with E-state index in [4.69, 9.17) is 4.42 Å². The first-order chi connectivity index (χ1) is 16.3. The summed E-state index contributed by atoms with van der Waals surface area (Å²) in [6.45, 7) is 14.7. The molecule has 1 heterocycles. The fraction of sp³-hybridized carbons (Fsp3) is 0.433. The van der Waals surface area contributed by atoms with Gasteiger partial charge in [0, 0.05) is 26.2 Å². The Hall–Kier alpha value is -2.85. The van der Waals surface area contributed by atoms with Crippen molar-refractivity contribution in [3.8, 4) is 0 Å². The molecule has 4 heteroatoms. The van der Waals surface area contributed by atoms with Crippen molar-refractivity contribution >= 4 is 5.91 Å². The van der Waals surface area contributed by atoms with Crippen molar-refractivity contribution in [3.05, 3.63) is 94.9 Å². The molecule has 1 amide bonds. The molecule has 0 spiro atoms. The van der Waals surface area contributed by atoms with Gasteiger partial charge in [-0.25, -0.2) is 0 Å². The molecule has 0 saturated heterocycles. The van der Waals surface area contributed by atoms with E-state index >= 15 is 0 Å². The number of furan rings is 1. The van der Waals surface area contributed by atoms with E-state index in [1.54, 1.807) is 0 Å². The molecule has 2 aromatic carbocycles. The molecule has 0 bridgehead atoms. The van der Waals surface area contributed by atoms with Crippen LogP contribution in [-0.4, -0.2) is 28.8 Å². The van der Waals surface area contributed by atoms with Gasteiger partial charge in [0.2, 0.25) is 0 Å². The highest BCUT2D eigenvalue weighted by molar-refractivity contribution is 5.91. The van der Waals surface area contributed by atoms with E-state index in [1.165, 1.54) is 16.7 Å². The smallest absolute Gasteiger partial charge is 0.289 e. The van der Waals surface area contributed by atoms with Crippen LogP contribution < -0.4 is 0 Å². The molecule has 0 saturated carbocycles. The zero-order valence-electron chi connectivity index (χ0n) is 21.5. The van der Waals surface area contributed by atoms with E-state index in [2.05, 4.69) is 88.0 Å². The molecule has 0 unspecified atom stereocenters. The second kappa shape index (κ2) is 12.0. The maximum absolute atomic E-state index is 12.9. The van der Waals surface area contributed by atoms with Gasteiger partial charge in [0.1, 0.15) is 5.76 Å². The van der Waals surface area contributed by atoms with Gasteiger partial charge in [-0.05, 0) is 47.1 Å². The standard InChI is InChI=1S/C30H40N2O2/c1-6-19-32(20-7-2)29(33)28-18-17-27(34-28)23-31(21-24-11-9-8-10-12-24)22-25-13-15-26(16-14-25)30(3,4)5/h8-18H,6-7,19-23H2,1-5H3. The molecule has 0 aliphatic heterocycles. The second-order valence-electron chi connectivity index (χ2n) is 10.1. The van der Waals surface area contributed by atoms with E-state index in [1.807, 2.05) is 23.1 Å². The topological polar surface area (TPSA) is 36.7 Å². The van der Waals surface area contributed by atoms with Crippen LogP contribution in [0.2, 0.25) is 0 Å². The maximum Gasteiger partial charge on any atom is 0.289 e. The molecule has 182 valence electrons. The Morgan fingerprint density at radius 2 is 1.35 bits per heavy atom. The normalized spacial score (nSPS) is 11.7. The minimum atomic E-state index is -0.0117. The Labute approximate surface area is 205 Å². The molecule has 34 heavy (non-hydrogen) atoms. The second-order valence-corrected chi connectivity index (χ2v) is 10.1. The molecule has 4 nitrogen and oxygen atoms in total. The number of hydrogen-bond acceptors (Lipinski definition) is 3. The average Bonchev–Trinajstić information content (AvgIpc) is 3.27. The van der Waals surface area contributed by atoms with Crippen molar-refractivity contribution in [1.82, 2.24) is 9.80 Å². The molecular weight excluding hydrogens is 420 g/mol. The highest BCUT2D eigenvalue weighted by Gasteiger charge is 2.19. The fourth-order valence-electron chi connectivity index (χ4n) is 4.19. The van der Waals surface area contributed by atoms with E-state index in [0.29, 0.717) is 12.3 Å². The lowest BCUT2D eigenvalue weighted by Gasteiger charge is -2.23. The summed E-state index contributed by atoms with van der Waals surface area (Å²) in [5.74, 6) is 1.24. The summed E-state index contributed by atoms with van der Waals surface area (Å²) >= 11 is 0. The van der Waals surface area contributed by atoms with E-state index < -0.39 is 0 Å².